The third-order valence-corrected chi connectivity index (χ3v) is 6.37. The van der Waals surface area contributed by atoms with Gasteiger partial charge in [-0.1, -0.05) is 0 Å². The van der Waals surface area contributed by atoms with E-state index < -0.39 is 15.8 Å². The van der Waals surface area contributed by atoms with Crippen LogP contribution in [0.2, 0.25) is 0 Å². The third-order valence-electron chi connectivity index (χ3n) is 2.79. The van der Waals surface area contributed by atoms with Crippen LogP contribution in [0.15, 0.2) is 26.9 Å². The maximum Gasteiger partial charge on any atom is 0.244 e. The topological polar surface area (TPSA) is 76.3 Å². The Hall–Kier alpha value is -1.03. The molecule has 0 spiro atoms. The molecule has 2 rings (SSSR count). The number of hydrogen-bond donors (Lipinski definition) is 1. The van der Waals surface area contributed by atoms with Crippen LogP contribution in [0.25, 0.3) is 0 Å². The van der Waals surface area contributed by atoms with Gasteiger partial charge >= 0.3 is 0 Å². The molecule has 9 heteroatoms. The molecule has 0 saturated carbocycles. The molecule has 0 unspecified atom stereocenters. The number of anilines is 1. The standard InChI is InChI=1S/C12H13BrFN3O2S2/c1-7-16-8(6-20-7)5-17(2)21(18,19)12-4-11(15)10(14)3-9(12)13/h3-4,6H,5,15H2,1-2H3. The minimum atomic E-state index is -3.79. The first-order valence-corrected chi connectivity index (χ1v) is 8.95. The number of sulfonamides is 1. The Labute approximate surface area is 134 Å². The molecule has 2 N–H and O–H groups in total. The summed E-state index contributed by atoms with van der Waals surface area (Å²) >= 11 is 4.51. The number of thiazole rings is 1. The number of nitrogens with zero attached hydrogens (tertiary/aromatic N) is 2. The predicted molar refractivity (Wildman–Crippen MR) is 84.0 cm³/mol. The van der Waals surface area contributed by atoms with Crippen LogP contribution < -0.4 is 5.73 Å². The van der Waals surface area contributed by atoms with Crippen molar-refractivity contribution in [2.75, 3.05) is 12.8 Å². The zero-order valence-electron chi connectivity index (χ0n) is 11.3. The summed E-state index contributed by atoms with van der Waals surface area (Å²) < 4.78 is 39.7. The van der Waals surface area contributed by atoms with Gasteiger partial charge in [0.1, 0.15) is 5.82 Å². The second-order valence-electron chi connectivity index (χ2n) is 4.42. The van der Waals surface area contributed by atoms with Gasteiger partial charge in [0.15, 0.2) is 0 Å². The number of rotatable bonds is 4. The van der Waals surface area contributed by atoms with Gasteiger partial charge in [-0.3, -0.25) is 0 Å². The van der Waals surface area contributed by atoms with E-state index in [1.54, 1.807) is 5.38 Å². The fourth-order valence-corrected chi connectivity index (χ4v) is 4.46. The van der Waals surface area contributed by atoms with Gasteiger partial charge in [0.05, 0.1) is 27.8 Å². The molecule has 1 aromatic heterocycles. The van der Waals surface area contributed by atoms with Crippen LogP contribution >= 0.6 is 27.3 Å². The molecule has 0 atom stereocenters. The van der Waals surface area contributed by atoms with E-state index >= 15 is 0 Å². The smallest absolute Gasteiger partial charge is 0.244 e. The van der Waals surface area contributed by atoms with E-state index in [2.05, 4.69) is 20.9 Å². The average molecular weight is 394 g/mol. The molecule has 0 fully saturated rings. The summed E-state index contributed by atoms with van der Waals surface area (Å²) in [5.41, 5.74) is 5.90. The van der Waals surface area contributed by atoms with E-state index in [0.717, 1.165) is 21.4 Å². The highest BCUT2D eigenvalue weighted by atomic mass is 79.9. The van der Waals surface area contributed by atoms with E-state index in [-0.39, 0.29) is 21.6 Å². The Morgan fingerprint density at radius 2 is 2.14 bits per heavy atom. The van der Waals surface area contributed by atoms with Crippen molar-refractivity contribution in [2.24, 2.45) is 0 Å². The maximum atomic E-state index is 13.3. The Balaban J connectivity index is 2.35. The zero-order valence-corrected chi connectivity index (χ0v) is 14.5. The first kappa shape index (κ1) is 16.3. The summed E-state index contributed by atoms with van der Waals surface area (Å²) in [6.07, 6.45) is 0. The minimum Gasteiger partial charge on any atom is -0.396 e. The zero-order chi connectivity index (χ0) is 15.8. The van der Waals surface area contributed by atoms with Crippen molar-refractivity contribution in [3.8, 4) is 0 Å². The molecule has 0 bridgehead atoms. The van der Waals surface area contributed by atoms with Crippen LogP contribution in [0.3, 0.4) is 0 Å². The third kappa shape index (κ3) is 3.42. The summed E-state index contributed by atoms with van der Waals surface area (Å²) in [5.74, 6) is -0.668. The highest BCUT2D eigenvalue weighted by molar-refractivity contribution is 9.10. The van der Waals surface area contributed by atoms with Crippen molar-refractivity contribution in [1.29, 1.82) is 0 Å². The summed E-state index contributed by atoms with van der Waals surface area (Å²) in [6, 6.07) is 2.15. The fourth-order valence-electron chi connectivity index (χ4n) is 1.70. The molecule has 5 nitrogen and oxygen atoms in total. The molecule has 0 aliphatic heterocycles. The SMILES string of the molecule is Cc1nc(CN(C)S(=O)(=O)c2cc(N)c(F)cc2Br)cs1. The molecule has 0 radical (unpaired) electrons. The number of nitrogens with two attached hydrogens (primary N) is 1. The molecule has 1 aromatic carbocycles. The van der Waals surface area contributed by atoms with E-state index in [0.29, 0.717) is 5.69 Å². The number of nitrogen functional groups attached to an aromatic ring is 1. The van der Waals surface area contributed by atoms with Gasteiger partial charge < -0.3 is 5.73 Å². The van der Waals surface area contributed by atoms with Crippen LogP contribution in [0.5, 0.6) is 0 Å². The van der Waals surface area contributed by atoms with E-state index in [9.17, 15) is 12.8 Å². The lowest BCUT2D eigenvalue weighted by molar-refractivity contribution is 0.462. The molecular formula is C12H13BrFN3O2S2. The molecule has 21 heavy (non-hydrogen) atoms. The maximum absolute atomic E-state index is 13.3. The Morgan fingerprint density at radius 1 is 1.48 bits per heavy atom. The van der Waals surface area contributed by atoms with Crippen LogP contribution in [-0.2, 0) is 16.6 Å². The van der Waals surface area contributed by atoms with Gasteiger partial charge in [0.2, 0.25) is 10.0 Å². The molecule has 0 saturated heterocycles. The molecular weight excluding hydrogens is 381 g/mol. The number of benzene rings is 1. The quantitative estimate of drug-likeness (QED) is 0.810. The van der Waals surface area contributed by atoms with Gasteiger partial charge in [-0.05, 0) is 35.0 Å². The number of halogens is 2. The highest BCUT2D eigenvalue weighted by Crippen LogP contribution is 2.29. The lowest BCUT2D eigenvalue weighted by Crippen LogP contribution is -2.27. The number of hydrogen-bond acceptors (Lipinski definition) is 5. The summed E-state index contributed by atoms with van der Waals surface area (Å²) in [7, 11) is -2.35. The van der Waals surface area contributed by atoms with E-state index in [1.165, 1.54) is 18.4 Å². The van der Waals surface area contributed by atoms with Crippen molar-refractivity contribution < 1.29 is 12.8 Å². The lowest BCUT2D eigenvalue weighted by Gasteiger charge is -2.17. The van der Waals surface area contributed by atoms with Crippen LogP contribution in [0.1, 0.15) is 10.7 Å². The first-order valence-electron chi connectivity index (χ1n) is 5.83. The van der Waals surface area contributed by atoms with Gasteiger partial charge in [-0.25, -0.2) is 17.8 Å². The first-order chi connectivity index (χ1) is 9.71. The van der Waals surface area contributed by atoms with Crippen LogP contribution in [0, 0.1) is 12.7 Å². The number of aromatic nitrogens is 1. The van der Waals surface area contributed by atoms with Crippen molar-refractivity contribution >= 4 is 43.0 Å². The molecule has 2 aromatic rings. The lowest BCUT2D eigenvalue weighted by atomic mass is 10.3. The summed E-state index contributed by atoms with van der Waals surface area (Å²) in [6.45, 7) is 1.98. The van der Waals surface area contributed by atoms with E-state index in [1.807, 2.05) is 6.92 Å². The predicted octanol–water partition coefficient (Wildman–Crippen LogP) is 2.76. The molecule has 0 aliphatic rings. The molecule has 0 amide bonds. The monoisotopic (exact) mass is 393 g/mol. The summed E-state index contributed by atoms with van der Waals surface area (Å²) in [5, 5.41) is 2.66. The van der Waals surface area contributed by atoms with Crippen molar-refractivity contribution in [3.05, 3.63) is 38.5 Å². The van der Waals surface area contributed by atoms with Crippen LogP contribution in [0.4, 0.5) is 10.1 Å². The molecule has 114 valence electrons. The van der Waals surface area contributed by atoms with Crippen LogP contribution in [-0.4, -0.2) is 24.8 Å². The Bertz CT molecular complexity index is 777. The van der Waals surface area contributed by atoms with Crippen molar-refractivity contribution in [2.45, 2.75) is 18.4 Å². The fraction of sp³-hybridized carbons (Fsp3) is 0.250. The van der Waals surface area contributed by atoms with E-state index in [4.69, 9.17) is 5.73 Å². The average Bonchev–Trinajstić information content (AvgIpc) is 2.79. The summed E-state index contributed by atoms with van der Waals surface area (Å²) in [4.78, 5) is 4.15. The normalized spacial score (nSPS) is 12.0. The van der Waals surface area contributed by atoms with Gasteiger partial charge in [-0.2, -0.15) is 4.31 Å². The highest BCUT2D eigenvalue weighted by Gasteiger charge is 2.25. The largest absolute Gasteiger partial charge is 0.396 e. The molecule has 1 heterocycles. The number of aryl methyl sites for hydroxylation is 1. The Kier molecular flexibility index (Phi) is 4.66. The Morgan fingerprint density at radius 3 is 2.71 bits per heavy atom. The minimum absolute atomic E-state index is 0.0733. The van der Waals surface area contributed by atoms with Crippen molar-refractivity contribution in [3.63, 3.8) is 0 Å². The second kappa shape index (κ2) is 5.99. The second-order valence-corrected chi connectivity index (χ2v) is 8.35. The van der Waals surface area contributed by atoms with Gasteiger partial charge in [0.25, 0.3) is 0 Å². The van der Waals surface area contributed by atoms with Crippen molar-refractivity contribution in [1.82, 2.24) is 9.29 Å². The molecule has 0 aliphatic carbocycles. The van der Waals surface area contributed by atoms with Gasteiger partial charge in [0, 0.05) is 16.9 Å². The van der Waals surface area contributed by atoms with Gasteiger partial charge in [-0.15, -0.1) is 11.3 Å².